The molecule has 0 radical (unpaired) electrons. The van der Waals surface area contributed by atoms with E-state index in [1.807, 2.05) is 35.6 Å². The third kappa shape index (κ3) is 4.05. The van der Waals surface area contributed by atoms with E-state index in [9.17, 15) is 0 Å². The molecule has 0 amide bonds. The molecule has 1 aliphatic carbocycles. The van der Waals surface area contributed by atoms with E-state index in [2.05, 4.69) is 146 Å². The van der Waals surface area contributed by atoms with Gasteiger partial charge in [0.1, 0.15) is 11.5 Å². The smallest absolute Gasteiger partial charge is 0.160 e. The number of para-hydroxylation sites is 2. The van der Waals surface area contributed by atoms with E-state index >= 15 is 0 Å². The average molecular weight is 669 g/mol. The Hall–Kier alpha value is -6.36. The van der Waals surface area contributed by atoms with Gasteiger partial charge in [-0.15, -0.1) is 11.3 Å². The molecule has 1 spiro atoms. The Bertz CT molecular complexity index is 2740. The lowest BCUT2D eigenvalue weighted by Gasteiger charge is -2.39. The summed E-state index contributed by atoms with van der Waals surface area (Å²) in [6.45, 7) is 0. The maximum absolute atomic E-state index is 6.66. The van der Waals surface area contributed by atoms with Crippen molar-refractivity contribution in [3.05, 3.63) is 192 Å². The zero-order chi connectivity index (χ0) is 33.5. The molecule has 0 N–H and O–H groups in total. The van der Waals surface area contributed by atoms with E-state index < -0.39 is 5.41 Å². The fourth-order valence-electron chi connectivity index (χ4n) is 8.43. The molecule has 0 unspecified atom stereocenters. The lowest BCUT2D eigenvalue weighted by atomic mass is 9.66. The van der Waals surface area contributed by atoms with Crippen LogP contribution in [0.2, 0.25) is 0 Å². The topological polar surface area (TPSA) is 35.0 Å². The Morgan fingerprint density at radius 1 is 0.451 bits per heavy atom. The third-order valence-corrected chi connectivity index (χ3v) is 11.7. The first kappa shape index (κ1) is 28.5. The summed E-state index contributed by atoms with van der Waals surface area (Å²) in [5.74, 6) is 2.48. The maximum atomic E-state index is 6.66. The van der Waals surface area contributed by atoms with Crippen molar-refractivity contribution in [1.82, 2.24) is 9.97 Å². The average Bonchev–Trinajstić information content (AvgIpc) is 3.72. The van der Waals surface area contributed by atoms with Crippen molar-refractivity contribution in [2.75, 3.05) is 0 Å². The van der Waals surface area contributed by atoms with Gasteiger partial charge < -0.3 is 4.74 Å². The SMILES string of the molecule is c1ccc(-c2cc(-c3ccc4c(c3)C3(c5ccccc5Oc5ccccc53)c3ccc5sc6ccccc6c5c3-4)nc(-c3ccccc3)n2)cc1. The molecule has 0 bridgehead atoms. The quantitative estimate of drug-likeness (QED) is 0.188. The summed E-state index contributed by atoms with van der Waals surface area (Å²) in [5, 5.41) is 2.62. The van der Waals surface area contributed by atoms with Crippen LogP contribution in [0, 0.1) is 0 Å². The Balaban J connectivity index is 1.25. The highest BCUT2D eigenvalue weighted by Gasteiger charge is 2.51. The van der Waals surface area contributed by atoms with Gasteiger partial charge in [0.05, 0.1) is 16.8 Å². The van der Waals surface area contributed by atoms with Gasteiger partial charge in [-0.3, -0.25) is 0 Å². The van der Waals surface area contributed by atoms with Crippen molar-refractivity contribution in [3.8, 4) is 56.5 Å². The fraction of sp³-hybridized carbons (Fsp3) is 0.0213. The molecular weight excluding hydrogens is 641 g/mol. The Morgan fingerprint density at radius 3 is 1.82 bits per heavy atom. The van der Waals surface area contributed by atoms with Crippen LogP contribution in [-0.2, 0) is 5.41 Å². The van der Waals surface area contributed by atoms with E-state index in [0.717, 1.165) is 50.7 Å². The Kier molecular flexibility index (Phi) is 6.04. The molecule has 2 aliphatic rings. The molecule has 9 aromatic rings. The number of thiophene rings is 1. The summed E-state index contributed by atoms with van der Waals surface area (Å²) in [7, 11) is 0. The van der Waals surface area contributed by atoms with Gasteiger partial charge in [-0.1, -0.05) is 133 Å². The van der Waals surface area contributed by atoms with Crippen molar-refractivity contribution in [1.29, 1.82) is 0 Å². The molecule has 0 fully saturated rings. The van der Waals surface area contributed by atoms with Crippen LogP contribution in [0.5, 0.6) is 11.5 Å². The van der Waals surface area contributed by atoms with E-state index in [-0.39, 0.29) is 0 Å². The summed E-state index contributed by atoms with van der Waals surface area (Å²) in [5.41, 5.74) is 11.6. The Morgan fingerprint density at radius 2 is 1.08 bits per heavy atom. The number of benzene rings is 7. The summed E-state index contributed by atoms with van der Waals surface area (Å²) in [4.78, 5) is 10.3. The van der Waals surface area contributed by atoms with Gasteiger partial charge in [0, 0.05) is 48.0 Å². The van der Waals surface area contributed by atoms with Crippen LogP contribution in [0.15, 0.2) is 170 Å². The number of fused-ring (bicyclic) bond motifs is 13. The van der Waals surface area contributed by atoms with E-state index in [0.29, 0.717) is 5.82 Å². The van der Waals surface area contributed by atoms with Crippen molar-refractivity contribution in [2.24, 2.45) is 0 Å². The van der Waals surface area contributed by atoms with Crippen LogP contribution in [-0.4, -0.2) is 9.97 Å². The summed E-state index contributed by atoms with van der Waals surface area (Å²) in [6.07, 6.45) is 0. The number of rotatable bonds is 3. The summed E-state index contributed by atoms with van der Waals surface area (Å²) < 4.78 is 9.26. The standard InChI is InChI=1S/C47H28N2OS/c1-3-13-29(14-4-1)38-28-39(49-46(48-38)30-15-5-2-6-16-30)31-23-24-32-37(27-31)47(34-18-8-10-20-40(34)50-41-21-11-9-19-35(41)47)36-25-26-43-45(44(32)36)33-17-7-12-22-42(33)51-43/h1-28H. The van der Waals surface area contributed by atoms with Crippen LogP contribution >= 0.6 is 11.3 Å². The van der Waals surface area contributed by atoms with Gasteiger partial charge in [-0.2, -0.15) is 0 Å². The first-order chi connectivity index (χ1) is 25.3. The molecule has 1 aliphatic heterocycles. The van der Waals surface area contributed by atoms with Gasteiger partial charge >= 0.3 is 0 Å². The van der Waals surface area contributed by atoms with Crippen LogP contribution in [0.25, 0.3) is 65.2 Å². The minimum Gasteiger partial charge on any atom is -0.457 e. The van der Waals surface area contributed by atoms with Crippen LogP contribution in [0.4, 0.5) is 0 Å². The molecule has 0 saturated carbocycles. The zero-order valence-electron chi connectivity index (χ0n) is 27.4. The number of nitrogens with zero attached hydrogens (tertiary/aromatic N) is 2. The maximum Gasteiger partial charge on any atom is 0.160 e. The first-order valence-corrected chi connectivity index (χ1v) is 18.1. The molecule has 238 valence electrons. The van der Waals surface area contributed by atoms with E-state index in [4.69, 9.17) is 14.7 Å². The minimum atomic E-state index is -0.596. The second-order valence-electron chi connectivity index (χ2n) is 13.3. The third-order valence-electron chi connectivity index (χ3n) is 10.6. The fourth-order valence-corrected chi connectivity index (χ4v) is 9.54. The lowest BCUT2D eigenvalue weighted by Crippen LogP contribution is -2.32. The monoisotopic (exact) mass is 668 g/mol. The molecule has 11 rings (SSSR count). The molecule has 3 nitrogen and oxygen atoms in total. The molecule has 4 heteroatoms. The second-order valence-corrected chi connectivity index (χ2v) is 14.3. The largest absolute Gasteiger partial charge is 0.457 e. The molecule has 2 aromatic heterocycles. The van der Waals surface area contributed by atoms with Gasteiger partial charge in [0.15, 0.2) is 5.82 Å². The van der Waals surface area contributed by atoms with Gasteiger partial charge in [-0.25, -0.2) is 9.97 Å². The van der Waals surface area contributed by atoms with Crippen molar-refractivity contribution in [3.63, 3.8) is 0 Å². The van der Waals surface area contributed by atoms with Gasteiger partial charge in [-0.05, 0) is 58.7 Å². The highest BCUT2D eigenvalue weighted by molar-refractivity contribution is 7.26. The highest BCUT2D eigenvalue weighted by atomic mass is 32.1. The number of aromatic nitrogens is 2. The predicted molar refractivity (Wildman–Crippen MR) is 209 cm³/mol. The Labute approximate surface area is 299 Å². The van der Waals surface area contributed by atoms with Crippen LogP contribution in [0.1, 0.15) is 22.3 Å². The molecule has 0 atom stereocenters. The summed E-state index contributed by atoms with van der Waals surface area (Å²) in [6, 6.07) is 60.4. The molecule has 3 heterocycles. The van der Waals surface area contributed by atoms with Crippen LogP contribution < -0.4 is 4.74 Å². The molecular formula is C47H28N2OS. The van der Waals surface area contributed by atoms with E-state index in [1.165, 1.54) is 42.4 Å². The van der Waals surface area contributed by atoms with Crippen molar-refractivity contribution >= 4 is 31.5 Å². The second kappa shape index (κ2) is 10.8. The number of hydrogen-bond donors (Lipinski definition) is 0. The van der Waals surface area contributed by atoms with Crippen LogP contribution in [0.3, 0.4) is 0 Å². The predicted octanol–water partition coefficient (Wildman–Crippen LogP) is 12.3. The van der Waals surface area contributed by atoms with E-state index in [1.54, 1.807) is 0 Å². The molecule has 0 saturated heterocycles. The van der Waals surface area contributed by atoms with Crippen molar-refractivity contribution in [2.45, 2.75) is 5.41 Å². The zero-order valence-corrected chi connectivity index (χ0v) is 28.2. The number of ether oxygens (including phenoxy) is 1. The lowest BCUT2D eigenvalue weighted by molar-refractivity contribution is 0.436. The number of hydrogen-bond acceptors (Lipinski definition) is 4. The molecule has 7 aromatic carbocycles. The minimum absolute atomic E-state index is 0.596. The molecule has 51 heavy (non-hydrogen) atoms. The van der Waals surface area contributed by atoms with Gasteiger partial charge in [0.2, 0.25) is 0 Å². The highest BCUT2D eigenvalue weighted by Crippen LogP contribution is 2.64. The van der Waals surface area contributed by atoms with Gasteiger partial charge in [0.25, 0.3) is 0 Å². The first-order valence-electron chi connectivity index (χ1n) is 17.2. The normalized spacial score (nSPS) is 13.4. The van der Waals surface area contributed by atoms with Crippen molar-refractivity contribution < 1.29 is 4.74 Å². The summed E-state index contributed by atoms with van der Waals surface area (Å²) >= 11 is 1.87.